The summed E-state index contributed by atoms with van der Waals surface area (Å²) >= 11 is 0. The summed E-state index contributed by atoms with van der Waals surface area (Å²) in [7, 11) is 0. The van der Waals surface area contributed by atoms with Crippen molar-refractivity contribution in [1.29, 1.82) is 0 Å². The van der Waals surface area contributed by atoms with Crippen molar-refractivity contribution in [2.45, 2.75) is 32.2 Å². The molecular formula is C20H20N2O7. The SMILES string of the molecule is C[C@H](C(=O)OCC(=O)c1ccc([N+](=O)[O-])cc1)N1C(=O)[C@H]2[C@H]3CC[C@@H](C3)[C@@H]2C1=O. The second-order valence-electron chi connectivity index (χ2n) is 7.94. The Balaban J connectivity index is 1.37. The van der Waals surface area contributed by atoms with Gasteiger partial charge in [0, 0.05) is 17.7 Å². The van der Waals surface area contributed by atoms with E-state index in [2.05, 4.69) is 0 Å². The van der Waals surface area contributed by atoms with E-state index in [1.165, 1.54) is 31.2 Å². The Kier molecular flexibility index (Phi) is 4.68. The van der Waals surface area contributed by atoms with Crippen molar-refractivity contribution < 1.29 is 28.8 Å². The molecule has 1 heterocycles. The molecule has 2 bridgehead atoms. The van der Waals surface area contributed by atoms with Crippen molar-refractivity contribution >= 4 is 29.3 Å². The smallest absolute Gasteiger partial charge is 0.329 e. The summed E-state index contributed by atoms with van der Waals surface area (Å²) in [5.74, 6) is -2.17. The molecule has 152 valence electrons. The van der Waals surface area contributed by atoms with Crippen LogP contribution in [0.1, 0.15) is 36.5 Å². The largest absolute Gasteiger partial charge is 0.456 e. The zero-order valence-corrected chi connectivity index (χ0v) is 15.8. The Morgan fingerprint density at radius 1 is 1.14 bits per heavy atom. The highest BCUT2D eigenvalue weighted by Gasteiger charge is 2.62. The van der Waals surface area contributed by atoms with E-state index in [-0.39, 0.29) is 46.7 Å². The Hall–Kier alpha value is -3.10. The number of nitrogens with zero attached hydrogens (tertiary/aromatic N) is 2. The van der Waals surface area contributed by atoms with Gasteiger partial charge in [-0.3, -0.25) is 29.4 Å². The zero-order valence-electron chi connectivity index (χ0n) is 15.8. The lowest BCUT2D eigenvalue weighted by atomic mass is 9.81. The number of imide groups is 1. The van der Waals surface area contributed by atoms with Gasteiger partial charge in [0.1, 0.15) is 6.04 Å². The fraction of sp³-hybridized carbons (Fsp3) is 0.500. The first-order valence-corrected chi connectivity index (χ1v) is 9.60. The predicted octanol–water partition coefficient (Wildman–Crippen LogP) is 1.74. The first-order chi connectivity index (χ1) is 13.8. The van der Waals surface area contributed by atoms with Gasteiger partial charge in [-0.1, -0.05) is 0 Å². The third-order valence-corrected chi connectivity index (χ3v) is 6.44. The highest BCUT2D eigenvalue weighted by molar-refractivity contribution is 6.08. The number of hydrogen-bond donors (Lipinski definition) is 0. The number of fused-ring (bicyclic) bond motifs is 5. The minimum atomic E-state index is -1.09. The number of benzene rings is 1. The molecule has 1 aromatic rings. The van der Waals surface area contributed by atoms with Crippen LogP contribution < -0.4 is 0 Å². The van der Waals surface area contributed by atoms with Crippen LogP contribution in [0, 0.1) is 33.8 Å². The number of Topliss-reactive ketones (excluding diaryl/α,β-unsaturated/α-hetero) is 1. The maximum atomic E-state index is 12.8. The molecule has 4 rings (SSSR count). The number of carbonyl (C=O) groups is 4. The van der Waals surface area contributed by atoms with Crippen LogP contribution in [0.4, 0.5) is 5.69 Å². The summed E-state index contributed by atoms with van der Waals surface area (Å²) in [5.41, 5.74) is 0.00762. The lowest BCUT2D eigenvalue weighted by Gasteiger charge is -2.22. The molecule has 0 radical (unpaired) electrons. The Bertz CT molecular complexity index is 882. The highest BCUT2D eigenvalue weighted by atomic mass is 16.6. The van der Waals surface area contributed by atoms with E-state index in [1.807, 2.05) is 0 Å². The standard InChI is InChI=1S/C20H20N2O7/c1-10(21-18(24)16-12-2-3-13(8-12)17(16)19(21)25)20(26)29-9-15(23)11-4-6-14(7-5-11)22(27)28/h4-7,10,12-13,16-17H,2-3,8-9H2,1H3/t10-,12+,13+,16+,17+/m1/s1. The van der Waals surface area contributed by atoms with Gasteiger partial charge in [-0.05, 0) is 50.2 Å². The minimum Gasteiger partial charge on any atom is -0.456 e. The van der Waals surface area contributed by atoms with Crippen LogP contribution in [-0.2, 0) is 19.1 Å². The molecule has 1 saturated heterocycles. The molecule has 0 unspecified atom stereocenters. The number of carbonyl (C=O) groups excluding carboxylic acids is 4. The van der Waals surface area contributed by atoms with Gasteiger partial charge >= 0.3 is 5.97 Å². The lowest BCUT2D eigenvalue weighted by molar-refractivity contribution is -0.384. The summed E-state index contributed by atoms with van der Waals surface area (Å²) in [5, 5.41) is 10.7. The van der Waals surface area contributed by atoms with E-state index in [4.69, 9.17) is 4.74 Å². The predicted molar refractivity (Wildman–Crippen MR) is 97.5 cm³/mol. The lowest BCUT2D eigenvalue weighted by Crippen LogP contribution is -2.45. The van der Waals surface area contributed by atoms with Gasteiger partial charge in [0.15, 0.2) is 12.4 Å². The first-order valence-electron chi connectivity index (χ1n) is 9.60. The molecule has 1 aromatic carbocycles. The molecule has 2 aliphatic carbocycles. The molecule has 5 atom stereocenters. The number of ketones is 1. The van der Waals surface area contributed by atoms with E-state index in [1.54, 1.807) is 0 Å². The molecule has 9 nitrogen and oxygen atoms in total. The monoisotopic (exact) mass is 400 g/mol. The van der Waals surface area contributed by atoms with Crippen molar-refractivity contribution in [3.05, 3.63) is 39.9 Å². The molecule has 3 aliphatic rings. The maximum Gasteiger partial charge on any atom is 0.329 e. The average Bonchev–Trinajstić information content (AvgIpc) is 3.39. The Morgan fingerprint density at radius 3 is 2.21 bits per heavy atom. The van der Waals surface area contributed by atoms with E-state index in [0.717, 1.165) is 24.2 Å². The number of hydrogen-bond acceptors (Lipinski definition) is 7. The molecule has 3 fully saturated rings. The van der Waals surface area contributed by atoms with Crippen molar-refractivity contribution in [3.8, 4) is 0 Å². The van der Waals surface area contributed by atoms with E-state index in [9.17, 15) is 29.3 Å². The third-order valence-electron chi connectivity index (χ3n) is 6.44. The van der Waals surface area contributed by atoms with Crippen molar-refractivity contribution in [2.24, 2.45) is 23.7 Å². The van der Waals surface area contributed by atoms with Gasteiger partial charge in [0.25, 0.3) is 5.69 Å². The first kappa shape index (κ1) is 19.2. The van der Waals surface area contributed by atoms with Crippen LogP contribution in [0.15, 0.2) is 24.3 Å². The second kappa shape index (κ2) is 7.06. The number of esters is 1. The normalized spacial score (nSPS) is 28.4. The molecule has 1 aliphatic heterocycles. The fourth-order valence-corrected chi connectivity index (χ4v) is 5.03. The van der Waals surface area contributed by atoms with Gasteiger partial charge < -0.3 is 4.74 Å². The molecule has 0 spiro atoms. The maximum absolute atomic E-state index is 12.8. The van der Waals surface area contributed by atoms with Crippen LogP contribution in [0.2, 0.25) is 0 Å². The molecule has 29 heavy (non-hydrogen) atoms. The number of non-ortho nitro benzene ring substituents is 1. The van der Waals surface area contributed by atoms with Crippen molar-refractivity contribution in [3.63, 3.8) is 0 Å². The number of nitro groups is 1. The average molecular weight is 400 g/mol. The quantitative estimate of drug-likeness (QED) is 0.234. The van der Waals surface area contributed by atoms with E-state index >= 15 is 0 Å². The van der Waals surface area contributed by atoms with E-state index in [0.29, 0.717) is 0 Å². The van der Waals surface area contributed by atoms with Crippen LogP contribution in [-0.4, -0.2) is 46.0 Å². The molecule has 2 saturated carbocycles. The van der Waals surface area contributed by atoms with Crippen LogP contribution in [0.5, 0.6) is 0 Å². The van der Waals surface area contributed by atoms with Gasteiger partial charge in [0.2, 0.25) is 11.8 Å². The zero-order chi connectivity index (χ0) is 20.9. The van der Waals surface area contributed by atoms with Crippen LogP contribution in [0.3, 0.4) is 0 Å². The van der Waals surface area contributed by atoms with Gasteiger partial charge in [-0.15, -0.1) is 0 Å². The molecule has 0 aromatic heterocycles. The summed E-state index contributed by atoms with van der Waals surface area (Å²) in [6, 6.07) is 3.84. The van der Waals surface area contributed by atoms with Crippen molar-refractivity contribution in [1.82, 2.24) is 4.90 Å². The van der Waals surface area contributed by atoms with Crippen molar-refractivity contribution in [2.75, 3.05) is 6.61 Å². The third kappa shape index (κ3) is 3.10. The van der Waals surface area contributed by atoms with Gasteiger partial charge in [-0.2, -0.15) is 0 Å². The van der Waals surface area contributed by atoms with E-state index < -0.39 is 29.3 Å². The number of nitro benzene ring substituents is 1. The fourth-order valence-electron chi connectivity index (χ4n) is 5.03. The summed E-state index contributed by atoms with van der Waals surface area (Å²) < 4.78 is 5.03. The second-order valence-corrected chi connectivity index (χ2v) is 7.94. The number of rotatable bonds is 6. The highest BCUT2D eigenvalue weighted by Crippen LogP contribution is 2.56. The molecule has 0 N–H and O–H groups in total. The molecule has 9 heteroatoms. The molecular weight excluding hydrogens is 380 g/mol. The number of amides is 2. The van der Waals surface area contributed by atoms with Gasteiger partial charge in [-0.25, -0.2) is 4.79 Å². The summed E-state index contributed by atoms with van der Waals surface area (Å²) in [4.78, 5) is 61.2. The van der Waals surface area contributed by atoms with Gasteiger partial charge in [0.05, 0.1) is 16.8 Å². The number of likely N-dealkylation sites (tertiary alicyclic amines) is 1. The minimum absolute atomic E-state index is 0.155. The summed E-state index contributed by atoms with van der Waals surface area (Å²) in [6.07, 6.45) is 2.80. The number of ether oxygens (including phenoxy) is 1. The van der Waals surface area contributed by atoms with Crippen LogP contribution >= 0.6 is 0 Å². The topological polar surface area (TPSA) is 124 Å². The Morgan fingerprint density at radius 2 is 1.69 bits per heavy atom. The van der Waals surface area contributed by atoms with Crippen LogP contribution in [0.25, 0.3) is 0 Å². The molecule has 2 amide bonds. The summed E-state index contributed by atoms with van der Waals surface area (Å²) in [6.45, 7) is 0.854. The Labute approximate surface area is 166 Å².